The van der Waals surface area contributed by atoms with Crippen LogP contribution in [0.2, 0.25) is 0 Å². The van der Waals surface area contributed by atoms with Crippen LogP contribution >= 0.6 is 0 Å². The van der Waals surface area contributed by atoms with Gasteiger partial charge in [0.05, 0.1) is 24.2 Å². The Kier molecular flexibility index (Phi) is 5.53. The lowest BCUT2D eigenvalue weighted by molar-refractivity contribution is -0.239. The van der Waals surface area contributed by atoms with E-state index in [1.54, 1.807) is 12.1 Å². The Bertz CT molecular complexity index is 1030. The van der Waals surface area contributed by atoms with E-state index in [4.69, 9.17) is 13.7 Å². The third-order valence-electron chi connectivity index (χ3n) is 10.9. The van der Waals surface area contributed by atoms with Gasteiger partial charge in [-0.3, -0.25) is 4.18 Å². The van der Waals surface area contributed by atoms with Crippen molar-refractivity contribution in [1.29, 1.82) is 0 Å². The normalized spacial score (nSPS) is 43.3. The Hall–Kier alpha value is -0.950. The molecule has 1 spiro atoms. The van der Waals surface area contributed by atoms with Crippen molar-refractivity contribution in [2.45, 2.75) is 95.3 Å². The van der Waals surface area contributed by atoms with Gasteiger partial charge >= 0.3 is 0 Å². The molecular weight excluding hydrogens is 448 g/mol. The van der Waals surface area contributed by atoms with Gasteiger partial charge in [-0.15, -0.1) is 0 Å². The number of ether oxygens (including phenoxy) is 2. The van der Waals surface area contributed by atoms with Gasteiger partial charge in [-0.25, -0.2) is 0 Å². The lowest BCUT2D eigenvalue weighted by atomic mass is 9.44. The van der Waals surface area contributed by atoms with Gasteiger partial charge < -0.3 is 9.47 Å². The second-order valence-electron chi connectivity index (χ2n) is 12.5. The quantitative estimate of drug-likeness (QED) is 0.499. The summed E-state index contributed by atoms with van der Waals surface area (Å²) in [7, 11) is -3.76. The zero-order valence-corrected chi connectivity index (χ0v) is 21.7. The van der Waals surface area contributed by atoms with Crippen LogP contribution in [0.4, 0.5) is 0 Å². The molecule has 5 fully saturated rings. The largest absolute Gasteiger partial charge is 0.348 e. The van der Waals surface area contributed by atoms with E-state index in [0.717, 1.165) is 63.2 Å². The molecule has 4 saturated carbocycles. The number of benzene rings is 1. The van der Waals surface area contributed by atoms with Gasteiger partial charge in [-0.1, -0.05) is 31.5 Å². The molecule has 5 nitrogen and oxygen atoms in total. The Labute approximate surface area is 205 Å². The van der Waals surface area contributed by atoms with Gasteiger partial charge in [-0.05, 0) is 98.5 Å². The fraction of sp³-hybridized carbons (Fsp3) is 0.786. The highest BCUT2D eigenvalue weighted by Crippen LogP contribution is 2.68. The Morgan fingerprint density at radius 3 is 2.29 bits per heavy atom. The van der Waals surface area contributed by atoms with Gasteiger partial charge in [0.15, 0.2) is 5.79 Å². The first kappa shape index (κ1) is 23.4. The first-order valence-electron chi connectivity index (χ1n) is 13.4. The van der Waals surface area contributed by atoms with Crippen molar-refractivity contribution in [3.63, 3.8) is 0 Å². The summed E-state index contributed by atoms with van der Waals surface area (Å²) >= 11 is 0. The zero-order valence-electron chi connectivity index (χ0n) is 20.9. The molecule has 6 rings (SSSR count). The van der Waals surface area contributed by atoms with Crippen molar-refractivity contribution in [2.24, 2.45) is 34.5 Å². The second-order valence-corrected chi connectivity index (χ2v) is 14.0. The van der Waals surface area contributed by atoms with Crippen LogP contribution in [0.1, 0.15) is 77.2 Å². The number of hydrogen-bond donors (Lipinski definition) is 0. The van der Waals surface area contributed by atoms with Crippen LogP contribution in [0.15, 0.2) is 29.2 Å². The molecule has 7 unspecified atom stereocenters. The van der Waals surface area contributed by atoms with Crippen molar-refractivity contribution in [1.82, 2.24) is 0 Å². The van der Waals surface area contributed by atoms with Crippen LogP contribution in [-0.2, 0) is 23.8 Å². The van der Waals surface area contributed by atoms with Crippen LogP contribution in [0.5, 0.6) is 0 Å². The van der Waals surface area contributed by atoms with Gasteiger partial charge in [0.2, 0.25) is 0 Å². The van der Waals surface area contributed by atoms with Crippen molar-refractivity contribution < 1.29 is 22.1 Å². The zero-order chi connectivity index (χ0) is 23.8. The third-order valence-corrected chi connectivity index (χ3v) is 12.2. The van der Waals surface area contributed by atoms with Crippen molar-refractivity contribution in [2.75, 3.05) is 13.2 Å². The molecule has 0 aromatic heterocycles. The van der Waals surface area contributed by atoms with Gasteiger partial charge in [-0.2, -0.15) is 8.42 Å². The highest BCUT2D eigenvalue weighted by Gasteiger charge is 2.63. The lowest BCUT2D eigenvalue weighted by Gasteiger charge is -2.62. The standard InChI is InChI=1S/C28H40O5S/c1-19-4-7-21(8-5-19)34(29,30)33-25-11-10-23-22-9-6-20-12-15-28(31-16-17-32-28)18-27(20,3)24(22)13-14-26(23,25)2/h4-5,7-8,20,22-25H,6,9-18H2,1-3H3. The van der Waals surface area contributed by atoms with Crippen molar-refractivity contribution in [3.8, 4) is 0 Å². The number of hydrogen-bond acceptors (Lipinski definition) is 5. The average Bonchev–Trinajstić information content (AvgIpc) is 3.37. The second kappa shape index (κ2) is 8.03. The Morgan fingerprint density at radius 1 is 0.853 bits per heavy atom. The van der Waals surface area contributed by atoms with Gasteiger partial charge in [0, 0.05) is 12.8 Å². The maximum atomic E-state index is 13.1. The van der Waals surface area contributed by atoms with Crippen molar-refractivity contribution in [3.05, 3.63) is 29.8 Å². The molecule has 0 bridgehead atoms. The molecule has 1 saturated heterocycles. The molecule has 0 amide bonds. The molecule has 1 aliphatic heterocycles. The van der Waals surface area contributed by atoms with Gasteiger partial charge in [0.25, 0.3) is 10.1 Å². The van der Waals surface area contributed by atoms with Crippen LogP contribution < -0.4 is 0 Å². The average molecular weight is 489 g/mol. The Balaban J connectivity index is 1.23. The monoisotopic (exact) mass is 488 g/mol. The summed E-state index contributed by atoms with van der Waals surface area (Å²) in [5, 5.41) is 0. The minimum Gasteiger partial charge on any atom is -0.348 e. The summed E-state index contributed by atoms with van der Waals surface area (Å²) < 4.78 is 44.7. The fourth-order valence-electron chi connectivity index (χ4n) is 9.11. The maximum Gasteiger partial charge on any atom is 0.297 e. The third kappa shape index (κ3) is 3.54. The van der Waals surface area contributed by atoms with E-state index in [0.29, 0.717) is 17.8 Å². The summed E-state index contributed by atoms with van der Waals surface area (Å²) in [6.45, 7) is 8.25. The molecule has 0 N–H and O–H groups in total. The van der Waals surface area contributed by atoms with Crippen molar-refractivity contribution >= 4 is 10.1 Å². The molecule has 4 aliphatic carbocycles. The van der Waals surface area contributed by atoms with E-state index < -0.39 is 10.1 Å². The summed E-state index contributed by atoms with van der Waals surface area (Å²) in [5.74, 6) is 2.25. The SMILES string of the molecule is Cc1ccc(S(=O)(=O)OC2CCC3C4CCC5CCC6(CC5(C)C4CCC23C)OCCO6)cc1. The Morgan fingerprint density at radius 2 is 1.56 bits per heavy atom. The van der Waals surface area contributed by atoms with Crippen LogP contribution in [-0.4, -0.2) is 33.5 Å². The molecule has 5 aliphatic rings. The first-order chi connectivity index (χ1) is 16.2. The van der Waals surface area contributed by atoms with Crippen LogP contribution in [0.25, 0.3) is 0 Å². The van der Waals surface area contributed by atoms with E-state index >= 15 is 0 Å². The highest BCUT2D eigenvalue weighted by atomic mass is 32.2. The summed E-state index contributed by atoms with van der Waals surface area (Å²) in [4.78, 5) is 0.274. The topological polar surface area (TPSA) is 61.8 Å². The van der Waals surface area contributed by atoms with E-state index in [9.17, 15) is 8.42 Å². The van der Waals surface area contributed by atoms with E-state index in [2.05, 4.69) is 13.8 Å². The number of aryl methyl sites for hydroxylation is 1. The van der Waals surface area contributed by atoms with E-state index in [-0.39, 0.29) is 27.6 Å². The fourth-order valence-corrected chi connectivity index (χ4v) is 10.3. The maximum absolute atomic E-state index is 13.1. The van der Waals surface area contributed by atoms with E-state index in [1.807, 2.05) is 19.1 Å². The van der Waals surface area contributed by atoms with Crippen LogP contribution in [0.3, 0.4) is 0 Å². The smallest absolute Gasteiger partial charge is 0.297 e. The first-order valence-corrected chi connectivity index (χ1v) is 14.8. The highest BCUT2D eigenvalue weighted by molar-refractivity contribution is 7.86. The van der Waals surface area contributed by atoms with E-state index in [1.165, 1.54) is 19.3 Å². The summed E-state index contributed by atoms with van der Waals surface area (Å²) in [6.07, 6.45) is 9.73. The van der Waals surface area contributed by atoms with Gasteiger partial charge in [0.1, 0.15) is 0 Å². The molecule has 1 aromatic rings. The predicted molar refractivity (Wildman–Crippen MR) is 130 cm³/mol. The molecular formula is C28H40O5S. The molecule has 1 aromatic carbocycles. The minimum atomic E-state index is -3.76. The molecule has 7 atom stereocenters. The number of fused-ring (bicyclic) bond motifs is 5. The predicted octanol–water partition coefficient (Wildman–Crippen LogP) is 5.85. The minimum absolute atomic E-state index is 0.0746. The molecule has 34 heavy (non-hydrogen) atoms. The molecule has 188 valence electrons. The number of rotatable bonds is 3. The van der Waals surface area contributed by atoms with Crippen LogP contribution in [0, 0.1) is 41.4 Å². The summed E-state index contributed by atoms with van der Waals surface area (Å²) in [5.41, 5.74) is 1.22. The molecule has 0 radical (unpaired) electrons. The summed E-state index contributed by atoms with van der Waals surface area (Å²) in [6, 6.07) is 7.03. The molecule has 6 heteroatoms. The molecule has 1 heterocycles. The lowest BCUT2D eigenvalue weighted by Crippen LogP contribution is -2.57.